The van der Waals surface area contributed by atoms with Crippen LogP contribution in [0.2, 0.25) is 0 Å². The van der Waals surface area contributed by atoms with Gasteiger partial charge in [-0.15, -0.1) is 0 Å². The van der Waals surface area contributed by atoms with Crippen molar-refractivity contribution in [1.82, 2.24) is 0 Å². The fourth-order valence-electron chi connectivity index (χ4n) is 1.33. The number of anilines is 2. The molecule has 16 heavy (non-hydrogen) atoms. The van der Waals surface area contributed by atoms with Crippen LogP contribution in [0.15, 0.2) is 12.1 Å². The zero-order valence-corrected chi connectivity index (χ0v) is 10.0. The van der Waals surface area contributed by atoms with Gasteiger partial charge in [-0.2, -0.15) is 0 Å². The Bertz CT molecular complexity index is 353. The number of benzene rings is 1. The lowest BCUT2D eigenvalue weighted by molar-refractivity contribution is 0.301. The minimum absolute atomic E-state index is 0.242. The molecule has 4 heteroatoms. The third-order valence-corrected chi connectivity index (χ3v) is 2.01. The van der Waals surface area contributed by atoms with Gasteiger partial charge in [0.15, 0.2) is 11.6 Å². The van der Waals surface area contributed by atoms with Crippen LogP contribution >= 0.6 is 0 Å². The number of halogens is 1. The van der Waals surface area contributed by atoms with E-state index in [-0.39, 0.29) is 11.8 Å². The molecule has 0 radical (unpaired) electrons. The highest BCUT2D eigenvalue weighted by Crippen LogP contribution is 2.28. The van der Waals surface area contributed by atoms with Crippen molar-refractivity contribution < 1.29 is 9.13 Å². The van der Waals surface area contributed by atoms with Gasteiger partial charge < -0.3 is 15.8 Å². The lowest BCUT2D eigenvalue weighted by Crippen LogP contribution is -2.12. The van der Waals surface area contributed by atoms with Crippen molar-refractivity contribution in [2.24, 2.45) is 0 Å². The zero-order valence-electron chi connectivity index (χ0n) is 10.0. The van der Waals surface area contributed by atoms with Crippen LogP contribution in [-0.2, 0) is 0 Å². The number of nitrogen functional groups attached to an aromatic ring is 1. The van der Waals surface area contributed by atoms with Crippen molar-refractivity contribution in [1.29, 1.82) is 0 Å². The summed E-state index contributed by atoms with van der Waals surface area (Å²) < 4.78 is 18.8. The van der Waals surface area contributed by atoms with Crippen LogP contribution in [0.1, 0.15) is 27.2 Å². The topological polar surface area (TPSA) is 47.3 Å². The smallest absolute Gasteiger partial charge is 0.167 e. The van der Waals surface area contributed by atoms with E-state index in [9.17, 15) is 4.39 Å². The van der Waals surface area contributed by atoms with Crippen LogP contribution in [0.5, 0.6) is 5.75 Å². The van der Waals surface area contributed by atoms with Gasteiger partial charge in [-0.3, -0.25) is 0 Å². The summed E-state index contributed by atoms with van der Waals surface area (Å²) in [5.41, 5.74) is 6.82. The van der Waals surface area contributed by atoms with E-state index in [2.05, 4.69) is 5.32 Å². The molecule has 0 aromatic heterocycles. The van der Waals surface area contributed by atoms with E-state index in [1.807, 2.05) is 20.8 Å². The van der Waals surface area contributed by atoms with E-state index < -0.39 is 5.82 Å². The fourth-order valence-corrected chi connectivity index (χ4v) is 1.33. The minimum atomic E-state index is -0.416. The molecule has 0 heterocycles. The predicted octanol–water partition coefficient (Wildman–Crippen LogP) is 3.02. The van der Waals surface area contributed by atoms with Gasteiger partial charge >= 0.3 is 0 Å². The van der Waals surface area contributed by atoms with Gasteiger partial charge in [0.05, 0.1) is 18.0 Å². The first-order valence-corrected chi connectivity index (χ1v) is 5.53. The lowest BCUT2D eigenvalue weighted by atomic mass is 10.2. The van der Waals surface area contributed by atoms with E-state index in [1.54, 1.807) is 6.07 Å². The Labute approximate surface area is 95.8 Å². The molecular formula is C12H19FN2O. The maximum absolute atomic E-state index is 13.5. The summed E-state index contributed by atoms with van der Waals surface area (Å²) >= 11 is 0. The van der Waals surface area contributed by atoms with Crippen molar-refractivity contribution in [2.45, 2.75) is 33.2 Å². The second kappa shape index (κ2) is 5.58. The summed E-state index contributed by atoms with van der Waals surface area (Å²) in [6.07, 6.45) is 0.844. The molecule has 0 amide bonds. The maximum atomic E-state index is 13.5. The normalized spacial score (nSPS) is 10.6. The van der Waals surface area contributed by atoms with Crippen LogP contribution in [0.25, 0.3) is 0 Å². The highest BCUT2D eigenvalue weighted by Gasteiger charge is 2.09. The Morgan fingerprint density at radius 2 is 2.12 bits per heavy atom. The van der Waals surface area contributed by atoms with Gasteiger partial charge in [0.25, 0.3) is 0 Å². The molecule has 0 aliphatic carbocycles. The summed E-state index contributed by atoms with van der Waals surface area (Å²) in [5.74, 6) is -0.167. The second-order valence-electron chi connectivity index (χ2n) is 4.02. The van der Waals surface area contributed by atoms with Crippen LogP contribution in [0, 0.1) is 5.82 Å². The predicted molar refractivity (Wildman–Crippen MR) is 65.4 cm³/mol. The minimum Gasteiger partial charge on any atom is -0.490 e. The summed E-state index contributed by atoms with van der Waals surface area (Å²) in [7, 11) is 0. The van der Waals surface area contributed by atoms with Crippen molar-refractivity contribution in [2.75, 3.05) is 17.7 Å². The molecule has 3 N–H and O–H groups in total. The molecule has 0 spiro atoms. The molecule has 0 saturated carbocycles. The van der Waals surface area contributed by atoms with Crippen LogP contribution in [-0.4, -0.2) is 12.6 Å². The molecule has 0 saturated heterocycles. The molecule has 0 aliphatic rings. The van der Waals surface area contributed by atoms with Gasteiger partial charge in [-0.05, 0) is 20.3 Å². The van der Waals surface area contributed by atoms with E-state index in [1.165, 1.54) is 6.07 Å². The Hall–Kier alpha value is -1.45. The first-order valence-electron chi connectivity index (χ1n) is 5.53. The molecule has 1 rings (SSSR count). The molecular weight excluding hydrogens is 207 g/mol. The number of nitrogens with one attached hydrogen (secondary N) is 1. The van der Waals surface area contributed by atoms with Gasteiger partial charge in [0.2, 0.25) is 0 Å². The van der Waals surface area contributed by atoms with Crippen molar-refractivity contribution in [3.8, 4) is 5.75 Å². The van der Waals surface area contributed by atoms with Crippen LogP contribution in [0.4, 0.5) is 15.8 Å². The highest BCUT2D eigenvalue weighted by atomic mass is 19.1. The number of hydrogen-bond acceptors (Lipinski definition) is 3. The third kappa shape index (κ3) is 3.29. The second-order valence-corrected chi connectivity index (χ2v) is 4.02. The molecule has 1 aromatic carbocycles. The summed E-state index contributed by atoms with van der Waals surface area (Å²) in [6, 6.07) is 3.14. The first kappa shape index (κ1) is 12.6. The summed E-state index contributed by atoms with van der Waals surface area (Å²) in [6.45, 7) is 6.47. The largest absolute Gasteiger partial charge is 0.490 e. The van der Waals surface area contributed by atoms with Crippen molar-refractivity contribution in [3.05, 3.63) is 17.9 Å². The number of ether oxygens (including phenoxy) is 1. The van der Waals surface area contributed by atoms with Gasteiger partial charge in [0, 0.05) is 18.2 Å². The molecule has 0 atom stereocenters. The van der Waals surface area contributed by atoms with Crippen LogP contribution < -0.4 is 15.8 Å². The Balaban J connectivity index is 2.92. The van der Waals surface area contributed by atoms with E-state index in [4.69, 9.17) is 10.5 Å². The standard InChI is InChI=1S/C12H19FN2O/c1-4-5-16-12-7-11(15-8(2)3)10(14)6-9(12)13/h6-8,15H,4-5,14H2,1-3H3. The fraction of sp³-hybridized carbons (Fsp3) is 0.500. The Morgan fingerprint density at radius 3 is 2.69 bits per heavy atom. The molecule has 0 fully saturated rings. The summed E-state index contributed by atoms with van der Waals surface area (Å²) in [4.78, 5) is 0. The SMILES string of the molecule is CCCOc1cc(NC(C)C)c(N)cc1F. The van der Waals surface area contributed by atoms with Gasteiger partial charge in [0.1, 0.15) is 0 Å². The monoisotopic (exact) mass is 226 g/mol. The molecule has 1 aromatic rings. The van der Waals surface area contributed by atoms with Crippen molar-refractivity contribution >= 4 is 11.4 Å². The van der Waals surface area contributed by atoms with E-state index in [0.717, 1.165) is 6.42 Å². The van der Waals surface area contributed by atoms with E-state index in [0.29, 0.717) is 18.0 Å². The van der Waals surface area contributed by atoms with Crippen molar-refractivity contribution in [3.63, 3.8) is 0 Å². The molecule has 90 valence electrons. The summed E-state index contributed by atoms with van der Waals surface area (Å²) in [5, 5.41) is 3.15. The molecule has 0 unspecified atom stereocenters. The molecule has 0 aliphatic heterocycles. The quantitative estimate of drug-likeness (QED) is 0.759. The number of rotatable bonds is 5. The zero-order chi connectivity index (χ0) is 12.1. The Morgan fingerprint density at radius 1 is 1.44 bits per heavy atom. The number of hydrogen-bond donors (Lipinski definition) is 2. The lowest BCUT2D eigenvalue weighted by Gasteiger charge is -2.15. The Kier molecular flexibility index (Phi) is 4.40. The average Bonchev–Trinajstić information content (AvgIpc) is 2.20. The third-order valence-electron chi connectivity index (χ3n) is 2.01. The van der Waals surface area contributed by atoms with Crippen LogP contribution in [0.3, 0.4) is 0 Å². The number of nitrogens with two attached hydrogens (primary N) is 1. The van der Waals surface area contributed by atoms with Gasteiger partial charge in [-0.25, -0.2) is 4.39 Å². The highest BCUT2D eigenvalue weighted by molar-refractivity contribution is 5.68. The average molecular weight is 226 g/mol. The molecule has 0 bridgehead atoms. The maximum Gasteiger partial charge on any atom is 0.167 e. The van der Waals surface area contributed by atoms with Gasteiger partial charge in [-0.1, -0.05) is 6.92 Å². The first-order chi connectivity index (χ1) is 7.54. The van der Waals surface area contributed by atoms with E-state index >= 15 is 0 Å². The molecule has 3 nitrogen and oxygen atoms in total.